The Bertz CT molecular complexity index is 344. The highest BCUT2D eigenvalue weighted by atomic mass is 16.5. The summed E-state index contributed by atoms with van der Waals surface area (Å²) in [7, 11) is 0. The molecule has 1 heterocycles. The molecule has 2 atom stereocenters. The smallest absolute Gasteiger partial charge is 0.223 e. The predicted molar refractivity (Wildman–Crippen MR) is 70.1 cm³/mol. The molecule has 1 aliphatic heterocycles. The minimum absolute atomic E-state index is 0.215. The van der Waals surface area contributed by atoms with Crippen molar-refractivity contribution in [2.75, 3.05) is 13.2 Å². The Balaban J connectivity index is 1.56. The zero-order valence-electron chi connectivity index (χ0n) is 11.0. The zero-order chi connectivity index (χ0) is 12.4. The van der Waals surface area contributed by atoms with Gasteiger partial charge < -0.3 is 10.1 Å². The van der Waals surface area contributed by atoms with Crippen LogP contribution in [0.5, 0.6) is 0 Å². The van der Waals surface area contributed by atoms with Crippen LogP contribution >= 0.6 is 0 Å². The van der Waals surface area contributed by atoms with Crippen LogP contribution in [-0.2, 0) is 9.53 Å². The second kappa shape index (κ2) is 5.04. The van der Waals surface area contributed by atoms with Crippen molar-refractivity contribution in [2.45, 2.75) is 51.0 Å². The molecule has 0 bridgehead atoms. The Hall–Kier alpha value is -0.830. The number of rotatable bonds is 2. The van der Waals surface area contributed by atoms with Gasteiger partial charge in [-0.2, -0.15) is 0 Å². The molecule has 2 fully saturated rings. The highest BCUT2D eigenvalue weighted by molar-refractivity contribution is 5.79. The van der Waals surface area contributed by atoms with E-state index < -0.39 is 0 Å². The second-order valence-corrected chi connectivity index (χ2v) is 6.06. The third kappa shape index (κ3) is 2.20. The Morgan fingerprint density at radius 1 is 1.17 bits per heavy atom. The SMILES string of the molecule is O=C(NC1CCC12CCOCC2)C1CC=CCC1. The third-order valence-electron chi connectivity index (χ3n) is 5.12. The van der Waals surface area contributed by atoms with Crippen molar-refractivity contribution in [2.24, 2.45) is 11.3 Å². The van der Waals surface area contributed by atoms with E-state index in [2.05, 4.69) is 17.5 Å². The molecule has 100 valence electrons. The molecule has 0 aromatic heterocycles. The third-order valence-corrected chi connectivity index (χ3v) is 5.12. The summed E-state index contributed by atoms with van der Waals surface area (Å²) >= 11 is 0. The van der Waals surface area contributed by atoms with E-state index in [-0.39, 0.29) is 11.8 Å². The van der Waals surface area contributed by atoms with Crippen LogP contribution in [0.1, 0.15) is 44.9 Å². The molecule has 0 radical (unpaired) electrons. The maximum absolute atomic E-state index is 12.3. The van der Waals surface area contributed by atoms with Gasteiger partial charge in [0.1, 0.15) is 0 Å². The molecule has 3 nitrogen and oxygen atoms in total. The van der Waals surface area contributed by atoms with Crippen LogP contribution in [0.3, 0.4) is 0 Å². The Labute approximate surface area is 109 Å². The van der Waals surface area contributed by atoms with Gasteiger partial charge in [0.2, 0.25) is 5.91 Å². The number of allylic oxidation sites excluding steroid dienone is 2. The molecular formula is C15H23NO2. The largest absolute Gasteiger partial charge is 0.381 e. The highest BCUT2D eigenvalue weighted by Gasteiger charge is 2.48. The number of ether oxygens (including phenoxy) is 1. The average molecular weight is 249 g/mol. The minimum Gasteiger partial charge on any atom is -0.381 e. The first kappa shape index (κ1) is 12.2. The van der Waals surface area contributed by atoms with E-state index in [1.807, 2.05) is 0 Å². The van der Waals surface area contributed by atoms with E-state index in [4.69, 9.17) is 4.74 Å². The van der Waals surface area contributed by atoms with Gasteiger partial charge in [0.15, 0.2) is 0 Å². The maximum atomic E-state index is 12.3. The van der Waals surface area contributed by atoms with Crippen molar-refractivity contribution in [3.8, 4) is 0 Å². The number of carbonyl (C=O) groups excluding carboxylic acids is 1. The predicted octanol–water partition coefficient (Wildman–Crippen LogP) is 2.42. The van der Waals surface area contributed by atoms with E-state index in [9.17, 15) is 4.79 Å². The number of hydrogen-bond acceptors (Lipinski definition) is 2. The molecule has 3 heteroatoms. The summed E-state index contributed by atoms with van der Waals surface area (Å²) in [5.74, 6) is 0.502. The summed E-state index contributed by atoms with van der Waals surface area (Å²) < 4.78 is 5.45. The highest BCUT2D eigenvalue weighted by Crippen LogP contribution is 2.48. The van der Waals surface area contributed by atoms with Gasteiger partial charge in [0.05, 0.1) is 0 Å². The number of hydrogen-bond donors (Lipinski definition) is 1. The van der Waals surface area contributed by atoms with Crippen molar-refractivity contribution in [3.05, 3.63) is 12.2 Å². The van der Waals surface area contributed by atoms with Crippen molar-refractivity contribution in [1.82, 2.24) is 5.32 Å². The first-order chi connectivity index (χ1) is 8.80. The minimum atomic E-state index is 0.215. The van der Waals surface area contributed by atoms with Crippen LogP contribution in [0.25, 0.3) is 0 Å². The lowest BCUT2D eigenvalue weighted by atomic mass is 9.60. The summed E-state index contributed by atoms with van der Waals surface area (Å²) in [5.41, 5.74) is 0.373. The van der Waals surface area contributed by atoms with Crippen LogP contribution in [0, 0.1) is 11.3 Å². The second-order valence-electron chi connectivity index (χ2n) is 6.06. The van der Waals surface area contributed by atoms with Gasteiger partial charge in [-0.15, -0.1) is 0 Å². The molecule has 18 heavy (non-hydrogen) atoms. The summed E-state index contributed by atoms with van der Waals surface area (Å²) in [6.45, 7) is 1.75. The van der Waals surface area contributed by atoms with Crippen LogP contribution in [0.2, 0.25) is 0 Å². The van der Waals surface area contributed by atoms with Gasteiger partial charge in [0.25, 0.3) is 0 Å². The first-order valence-electron chi connectivity index (χ1n) is 7.33. The lowest BCUT2D eigenvalue weighted by Gasteiger charge is -2.52. The fourth-order valence-corrected chi connectivity index (χ4v) is 3.62. The molecule has 1 saturated heterocycles. The van der Waals surface area contributed by atoms with Crippen LogP contribution < -0.4 is 5.32 Å². The summed E-state index contributed by atoms with van der Waals surface area (Å²) in [6, 6.07) is 0.416. The Morgan fingerprint density at radius 2 is 2.00 bits per heavy atom. The molecule has 1 spiro atoms. The fraction of sp³-hybridized carbons (Fsp3) is 0.800. The van der Waals surface area contributed by atoms with Crippen LogP contribution in [0.15, 0.2) is 12.2 Å². The molecule has 3 aliphatic rings. The quantitative estimate of drug-likeness (QED) is 0.763. The normalized spacial score (nSPS) is 34.0. The summed E-state index contributed by atoms with van der Waals surface area (Å²) in [5, 5.41) is 3.32. The van der Waals surface area contributed by atoms with E-state index in [1.165, 1.54) is 6.42 Å². The molecule has 3 rings (SSSR count). The van der Waals surface area contributed by atoms with Crippen molar-refractivity contribution >= 4 is 5.91 Å². The van der Waals surface area contributed by atoms with Crippen molar-refractivity contribution in [1.29, 1.82) is 0 Å². The van der Waals surface area contributed by atoms with Crippen LogP contribution in [0.4, 0.5) is 0 Å². The molecule has 0 aromatic carbocycles. The molecule has 2 unspecified atom stereocenters. The number of amides is 1. The zero-order valence-corrected chi connectivity index (χ0v) is 11.0. The molecule has 2 aliphatic carbocycles. The molecule has 1 N–H and O–H groups in total. The van der Waals surface area contributed by atoms with E-state index in [1.54, 1.807) is 0 Å². The number of nitrogens with one attached hydrogen (secondary N) is 1. The van der Waals surface area contributed by atoms with E-state index in [0.717, 1.165) is 51.7 Å². The van der Waals surface area contributed by atoms with Gasteiger partial charge in [0, 0.05) is 25.2 Å². The van der Waals surface area contributed by atoms with Gasteiger partial charge in [-0.05, 0) is 50.4 Å². The standard InChI is InChI=1S/C15H23NO2/c17-14(12-4-2-1-3-5-12)16-13-6-7-15(13)8-10-18-11-9-15/h1-2,12-13H,3-11H2,(H,16,17). The van der Waals surface area contributed by atoms with Gasteiger partial charge in [-0.1, -0.05) is 12.2 Å². The van der Waals surface area contributed by atoms with E-state index >= 15 is 0 Å². The van der Waals surface area contributed by atoms with Crippen LogP contribution in [-0.4, -0.2) is 25.2 Å². The van der Waals surface area contributed by atoms with Crippen molar-refractivity contribution < 1.29 is 9.53 Å². The monoisotopic (exact) mass is 249 g/mol. The van der Waals surface area contributed by atoms with Gasteiger partial charge >= 0.3 is 0 Å². The van der Waals surface area contributed by atoms with Gasteiger partial charge in [-0.3, -0.25) is 4.79 Å². The number of carbonyl (C=O) groups is 1. The topological polar surface area (TPSA) is 38.3 Å². The lowest BCUT2D eigenvalue weighted by molar-refractivity contribution is -0.131. The molecular weight excluding hydrogens is 226 g/mol. The molecule has 0 aromatic rings. The average Bonchev–Trinajstić information content (AvgIpc) is 2.45. The Kier molecular flexibility index (Phi) is 3.42. The first-order valence-corrected chi connectivity index (χ1v) is 7.33. The summed E-state index contributed by atoms with van der Waals surface area (Å²) in [4.78, 5) is 12.3. The van der Waals surface area contributed by atoms with Gasteiger partial charge in [-0.25, -0.2) is 0 Å². The molecule has 1 saturated carbocycles. The fourth-order valence-electron chi connectivity index (χ4n) is 3.62. The maximum Gasteiger partial charge on any atom is 0.223 e. The lowest BCUT2D eigenvalue weighted by Crippen LogP contribution is -2.58. The van der Waals surface area contributed by atoms with Crippen molar-refractivity contribution in [3.63, 3.8) is 0 Å². The van der Waals surface area contributed by atoms with E-state index in [0.29, 0.717) is 11.5 Å². The Morgan fingerprint density at radius 3 is 2.61 bits per heavy atom. The summed E-state index contributed by atoms with van der Waals surface area (Å²) in [6.07, 6.45) is 12.0. The molecule has 1 amide bonds.